The zero-order valence-electron chi connectivity index (χ0n) is 16.1. The van der Waals surface area contributed by atoms with Crippen LogP contribution in [-0.4, -0.2) is 22.4 Å². The molecule has 0 atom stereocenters. The van der Waals surface area contributed by atoms with Crippen LogP contribution >= 0.6 is 0 Å². The second kappa shape index (κ2) is 8.52. The number of nitrogens with zero attached hydrogens (tertiary/aromatic N) is 2. The number of ether oxygens (including phenoxy) is 2. The van der Waals surface area contributed by atoms with Gasteiger partial charge >= 0.3 is 5.97 Å². The van der Waals surface area contributed by atoms with E-state index in [1.807, 2.05) is 50.2 Å². The fourth-order valence-corrected chi connectivity index (χ4v) is 2.61. The SMILES string of the molecule is CCOC(=O)c1nn(-c2ccc(C)cc2)c(=O)cc1OCc1ccc(C)cc1. The molecule has 0 spiro atoms. The third kappa shape index (κ3) is 4.46. The van der Waals surface area contributed by atoms with Gasteiger partial charge in [0.2, 0.25) is 5.69 Å². The number of hydrogen-bond acceptors (Lipinski definition) is 5. The Balaban J connectivity index is 1.97. The average Bonchev–Trinajstić information content (AvgIpc) is 2.68. The molecule has 1 aromatic heterocycles. The molecule has 6 nitrogen and oxygen atoms in total. The number of carbonyl (C=O) groups is 1. The lowest BCUT2D eigenvalue weighted by molar-refractivity contribution is 0.0511. The van der Waals surface area contributed by atoms with Gasteiger partial charge in [-0.2, -0.15) is 9.78 Å². The van der Waals surface area contributed by atoms with Crippen molar-refractivity contribution in [2.24, 2.45) is 0 Å². The highest BCUT2D eigenvalue weighted by Crippen LogP contribution is 2.18. The van der Waals surface area contributed by atoms with E-state index in [0.29, 0.717) is 5.69 Å². The predicted octanol–water partition coefficient (Wildman–Crippen LogP) is 3.61. The summed E-state index contributed by atoms with van der Waals surface area (Å²) in [5.74, 6) is -0.533. The van der Waals surface area contributed by atoms with E-state index in [1.165, 1.54) is 10.7 Å². The Morgan fingerprint density at radius 1 is 1.00 bits per heavy atom. The van der Waals surface area contributed by atoms with Crippen LogP contribution in [0.4, 0.5) is 0 Å². The molecule has 0 radical (unpaired) electrons. The minimum atomic E-state index is -0.637. The molecule has 0 aliphatic heterocycles. The van der Waals surface area contributed by atoms with Gasteiger partial charge in [-0.25, -0.2) is 4.79 Å². The van der Waals surface area contributed by atoms with Crippen molar-refractivity contribution >= 4 is 5.97 Å². The van der Waals surface area contributed by atoms with Crippen molar-refractivity contribution in [2.75, 3.05) is 6.61 Å². The first-order valence-corrected chi connectivity index (χ1v) is 9.05. The molecule has 6 heteroatoms. The normalized spacial score (nSPS) is 10.5. The van der Waals surface area contributed by atoms with Gasteiger partial charge in [0.05, 0.1) is 18.4 Å². The first-order valence-electron chi connectivity index (χ1n) is 9.05. The van der Waals surface area contributed by atoms with Gasteiger partial charge in [0.15, 0.2) is 5.75 Å². The van der Waals surface area contributed by atoms with Crippen molar-refractivity contribution in [1.29, 1.82) is 0 Å². The summed E-state index contributed by atoms with van der Waals surface area (Å²) in [7, 11) is 0. The second-order valence-corrected chi connectivity index (χ2v) is 6.44. The smallest absolute Gasteiger partial charge is 0.362 e. The van der Waals surface area contributed by atoms with E-state index < -0.39 is 11.5 Å². The summed E-state index contributed by atoms with van der Waals surface area (Å²) in [6.07, 6.45) is 0. The molecule has 28 heavy (non-hydrogen) atoms. The van der Waals surface area contributed by atoms with Crippen molar-refractivity contribution < 1.29 is 14.3 Å². The number of carbonyl (C=O) groups excluding carboxylic acids is 1. The molecule has 0 aliphatic carbocycles. The summed E-state index contributed by atoms with van der Waals surface area (Å²) < 4.78 is 12.0. The third-order valence-corrected chi connectivity index (χ3v) is 4.16. The molecule has 3 rings (SSSR count). The van der Waals surface area contributed by atoms with Gasteiger partial charge in [0.1, 0.15) is 6.61 Å². The molecule has 0 bridgehead atoms. The maximum atomic E-state index is 12.6. The summed E-state index contributed by atoms with van der Waals surface area (Å²) >= 11 is 0. The van der Waals surface area contributed by atoms with Gasteiger partial charge in [0.25, 0.3) is 5.56 Å². The van der Waals surface area contributed by atoms with Gasteiger partial charge in [-0.15, -0.1) is 0 Å². The Labute approximate surface area is 163 Å². The summed E-state index contributed by atoms with van der Waals surface area (Å²) in [4.78, 5) is 25.0. The highest BCUT2D eigenvalue weighted by atomic mass is 16.5. The van der Waals surface area contributed by atoms with Gasteiger partial charge in [0, 0.05) is 0 Å². The number of benzene rings is 2. The Hall–Kier alpha value is -3.41. The lowest BCUT2D eigenvalue weighted by Gasteiger charge is -2.13. The second-order valence-electron chi connectivity index (χ2n) is 6.44. The Bertz CT molecular complexity index is 1020. The molecule has 0 saturated heterocycles. The number of rotatable bonds is 6. The van der Waals surface area contributed by atoms with Crippen molar-refractivity contribution in [1.82, 2.24) is 9.78 Å². The van der Waals surface area contributed by atoms with Crippen LogP contribution in [0.15, 0.2) is 59.4 Å². The monoisotopic (exact) mass is 378 g/mol. The van der Waals surface area contributed by atoms with Crippen LogP contribution < -0.4 is 10.3 Å². The van der Waals surface area contributed by atoms with Crippen LogP contribution in [0.25, 0.3) is 5.69 Å². The molecule has 2 aromatic carbocycles. The Morgan fingerprint density at radius 3 is 2.21 bits per heavy atom. The van der Waals surface area contributed by atoms with Crippen LogP contribution in [0.3, 0.4) is 0 Å². The van der Waals surface area contributed by atoms with Gasteiger partial charge in [-0.05, 0) is 38.5 Å². The van der Waals surface area contributed by atoms with Crippen LogP contribution in [0.1, 0.15) is 34.1 Å². The lowest BCUT2D eigenvalue weighted by Crippen LogP contribution is -2.25. The maximum absolute atomic E-state index is 12.6. The predicted molar refractivity (Wildman–Crippen MR) is 106 cm³/mol. The molecule has 0 saturated carbocycles. The van der Waals surface area contributed by atoms with Gasteiger partial charge in [-0.3, -0.25) is 4.79 Å². The molecular weight excluding hydrogens is 356 g/mol. The number of aromatic nitrogens is 2. The summed E-state index contributed by atoms with van der Waals surface area (Å²) in [6, 6.07) is 16.4. The summed E-state index contributed by atoms with van der Waals surface area (Å²) in [6.45, 7) is 6.06. The standard InChI is InChI=1S/C22H22N2O4/c1-4-27-22(26)21-19(28-14-17-9-5-15(2)6-10-17)13-20(25)24(23-21)18-11-7-16(3)8-12-18/h5-13H,4,14H2,1-3H3. The topological polar surface area (TPSA) is 70.4 Å². The van der Waals surface area contributed by atoms with Gasteiger partial charge < -0.3 is 9.47 Å². The maximum Gasteiger partial charge on any atom is 0.362 e. The zero-order valence-corrected chi connectivity index (χ0v) is 16.1. The fourth-order valence-electron chi connectivity index (χ4n) is 2.61. The Kier molecular flexibility index (Phi) is 5.89. The van der Waals surface area contributed by atoms with Crippen LogP contribution in [0.5, 0.6) is 5.75 Å². The minimum absolute atomic E-state index is 0.0332. The summed E-state index contributed by atoms with van der Waals surface area (Å²) in [5, 5.41) is 4.22. The van der Waals surface area contributed by atoms with E-state index in [1.54, 1.807) is 19.1 Å². The molecule has 0 N–H and O–H groups in total. The molecule has 0 amide bonds. The zero-order chi connectivity index (χ0) is 20.1. The van der Waals surface area contributed by atoms with E-state index in [0.717, 1.165) is 16.7 Å². The Morgan fingerprint density at radius 2 is 1.61 bits per heavy atom. The first kappa shape index (κ1) is 19.4. The molecule has 1 heterocycles. The van der Waals surface area contributed by atoms with E-state index in [4.69, 9.17) is 9.47 Å². The molecular formula is C22H22N2O4. The lowest BCUT2D eigenvalue weighted by atomic mass is 10.2. The van der Waals surface area contributed by atoms with E-state index in [2.05, 4.69) is 5.10 Å². The molecule has 3 aromatic rings. The molecule has 0 fully saturated rings. The number of aryl methyl sites for hydroxylation is 2. The molecule has 0 unspecified atom stereocenters. The van der Waals surface area contributed by atoms with Crippen molar-refractivity contribution in [2.45, 2.75) is 27.4 Å². The largest absolute Gasteiger partial charge is 0.486 e. The number of esters is 1. The first-order chi connectivity index (χ1) is 13.5. The third-order valence-electron chi connectivity index (χ3n) is 4.16. The molecule has 144 valence electrons. The summed E-state index contributed by atoms with van der Waals surface area (Å²) in [5.41, 5.74) is 3.25. The fraction of sp³-hybridized carbons (Fsp3) is 0.227. The van der Waals surface area contributed by atoms with Crippen molar-refractivity contribution in [3.8, 4) is 11.4 Å². The van der Waals surface area contributed by atoms with Crippen molar-refractivity contribution in [3.63, 3.8) is 0 Å². The van der Waals surface area contributed by atoms with Gasteiger partial charge in [-0.1, -0.05) is 47.5 Å². The molecule has 0 aliphatic rings. The van der Waals surface area contributed by atoms with Crippen LogP contribution in [-0.2, 0) is 11.3 Å². The number of hydrogen-bond donors (Lipinski definition) is 0. The van der Waals surface area contributed by atoms with E-state index in [9.17, 15) is 9.59 Å². The van der Waals surface area contributed by atoms with Crippen molar-refractivity contribution in [3.05, 3.63) is 87.3 Å². The highest BCUT2D eigenvalue weighted by Gasteiger charge is 2.20. The minimum Gasteiger partial charge on any atom is -0.486 e. The van der Waals surface area contributed by atoms with Crippen LogP contribution in [0, 0.1) is 13.8 Å². The van der Waals surface area contributed by atoms with E-state index >= 15 is 0 Å². The quantitative estimate of drug-likeness (QED) is 0.613. The van der Waals surface area contributed by atoms with E-state index in [-0.39, 0.29) is 24.7 Å². The van der Waals surface area contributed by atoms with Crippen LogP contribution in [0.2, 0.25) is 0 Å². The average molecular weight is 378 g/mol. The highest BCUT2D eigenvalue weighted by molar-refractivity contribution is 5.90.